The molecule has 2 aromatic heterocycles. The minimum Gasteiger partial charge on any atom is -0.438 e. The molecule has 2 N–H and O–H groups in total. The normalized spacial score (nSPS) is 22.7. The highest BCUT2D eigenvalue weighted by Gasteiger charge is 2.44. The van der Waals surface area contributed by atoms with E-state index in [1.165, 1.54) is 6.33 Å². The fourth-order valence-electron chi connectivity index (χ4n) is 2.96. The molecule has 3 heterocycles. The largest absolute Gasteiger partial charge is 0.438 e. The van der Waals surface area contributed by atoms with E-state index in [0.29, 0.717) is 29.9 Å². The predicted octanol–water partition coefficient (Wildman–Crippen LogP) is 1.77. The summed E-state index contributed by atoms with van der Waals surface area (Å²) in [5.74, 6) is 0.000948. The Morgan fingerprint density at radius 3 is 3.00 bits per heavy atom. The standard InChI is InChI=1S/C18H23N5O4/c1-17(2,3)16(24)26-11-25-8-12-6-7-18(9-19,27-12)14-5-4-13-15(20)21-10-22-23(13)14/h4-5,10,12H,6-8,11H2,1-3H3,(H2,20,21,22). The second-order valence-electron chi connectivity index (χ2n) is 7.55. The number of nitrogen functional groups attached to an aromatic ring is 1. The number of nitrogens with zero attached hydrogens (tertiary/aromatic N) is 4. The van der Waals surface area contributed by atoms with Crippen LogP contribution in [0, 0.1) is 16.7 Å². The molecule has 0 saturated carbocycles. The number of anilines is 1. The lowest BCUT2D eigenvalue weighted by molar-refractivity contribution is -0.169. The molecule has 3 rings (SSSR count). The predicted molar refractivity (Wildman–Crippen MR) is 95.2 cm³/mol. The summed E-state index contributed by atoms with van der Waals surface area (Å²) in [7, 11) is 0. The van der Waals surface area contributed by atoms with Gasteiger partial charge >= 0.3 is 5.97 Å². The van der Waals surface area contributed by atoms with Crippen LogP contribution in [0.3, 0.4) is 0 Å². The van der Waals surface area contributed by atoms with Crippen molar-refractivity contribution in [3.63, 3.8) is 0 Å². The maximum atomic E-state index is 11.7. The lowest BCUT2D eigenvalue weighted by atomic mass is 9.97. The summed E-state index contributed by atoms with van der Waals surface area (Å²) in [6.07, 6.45) is 2.18. The van der Waals surface area contributed by atoms with E-state index in [0.717, 1.165) is 0 Å². The second kappa shape index (κ2) is 7.13. The molecule has 0 bridgehead atoms. The van der Waals surface area contributed by atoms with Crippen molar-refractivity contribution in [2.75, 3.05) is 19.1 Å². The average molecular weight is 373 g/mol. The highest BCUT2D eigenvalue weighted by atomic mass is 16.7. The van der Waals surface area contributed by atoms with Crippen LogP contribution >= 0.6 is 0 Å². The van der Waals surface area contributed by atoms with E-state index in [1.54, 1.807) is 37.4 Å². The second-order valence-corrected chi connectivity index (χ2v) is 7.55. The van der Waals surface area contributed by atoms with Gasteiger partial charge in [0.25, 0.3) is 0 Å². The van der Waals surface area contributed by atoms with Crippen molar-refractivity contribution in [3.8, 4) is 6.07 Å². The first-order valence-corrected chi connectivity index (χ1v) is 8.69. The molecule has 2 atom stereocenters. The lowest BCUT2D eigenvalue weighted by Crippen LogP contribution is -2.29. The zero-order valence-corrected chi connectivity index (χ0v) is 15.6. The number of carbonyl (C=O) groups is 1. The van der Waals surface area contributed by atoms with Crippen molar-refractivity contribution < 1.29 is 19.0 Å². The van der Waals surface area contributed by atoms with Gasteiger partial charge in [0.05, 0.1) is 23.8 Å². The van der Waals surface area contributed by atoms with Crippen molar-refractivity contribution in [2.24, 2.45) is 5.41 Å². The molecule has 27 heavy (non-hydrogen) atoms. The minimum absolute atomic E-state index is 0.146. The highest BCUT2D eigenvalue weighted by Crippen LogP contribution is 2.39. The van der Waals surface area contributed by atoms with Gasteiger partial charge in [-0.05, 0) is 45.7 Å². The van der Waals surface area contributed by atoms with Crippen molar-refractivity contribution in [1.82, 2.24) is 14.6 Å². The third-order valence-corrected chi connectivity index (χ3v) is 4.45. The molecule has 2 unspecified atom stereocenters. The summed E-state index contributed by atoms with van der Waals surface area (Å²) < 4.78 is 18.1. The Hall–Kier alpha value is -2.70. The van der Waals surface area contributed by atoms with Gasteiger partial charge in [-0.1, -0.05) is 0 Å². The first-order chi connectivity index (χ1) is 12.8. The van der Waals surface area contributed by atoms with Gasteiger partial charge in [-0.3, -0.25) is 4.79 Å². The minimum atomic E-state index is -1.14. The summed E-state index contributed by atoms with van der Waals surface area (Å²) in [6.45, 7) is 5.40. The van der Waals surface area contributed by atoms with Gasteiger partial charge in [0, 0.05) is 0 Å². The number of aromatic nitrogens is 3. The van der Waals surface area contributed by atoms with Crippen LogP contribution in [-0.4, -0.2) is 40.1 Å². The molecule has 9 nitrogen and oxygen atoms in total. The van der Waals surface area contributed by atoms with Gasteiger partial charge in [0.2, 0.25) is 0 Å². The van der Waals surface area contributed by atoms with Crippen LogP contribution in [0.5, 0.6) is 0 Å². The van der Waals surface area contributed by atoms with Crippen LogP contribution in [0.15, 0.2) is 18.5 Å². The van der Waals surface area contributed by atoms with Gasteiger partial charge in [-0.2, -0.15) is 10.4 Å². The molecule has 1 aliphatic rings. The molecule has 0 amide bonds. The zero-order chi connectivity index (χ0) is 19.7. The smallest absolute Gasteiger partial charge is 0.313 e. The van der Waals surface area contributed by atoms with E-state index in [9.17, 15) is 10.1 Å². The molecular weight excluding hydrogens is 350 g/mol. The lowest BCUT2D eigenvalue weighted by Gasteiger charge is -2.22. The van der Waals surface area contributed by atoms with Gasteiger partial charge < -0.3 is 19.9 Å². The fourth-order valence-corrected chi connectivity index (χ4v) is 2.96. The quantitative estimate of drug-likeness (QED) is 0.477. The van der Waals surface area contributed by atoms with Crippen molar-refractivity contribution >= 4 is 17.3 Å². The Kier molecular flexibility index (Phi) is 5.04. The molecule has 9 heteroatoms. The van der Waals surface area contributed by atoms with Crippen LogP contribution < -0.4 is 5.73 Å². The molecule has 0 radical (unpaired) electrons. The average Bonchev–Trinajstić information content (AvgIpc) is 3.23. The van der Waals surface area contributed by atoms with E-state index < -0.39 is 11.0 Å². The number of hydrogen-bond donors (Lipinski definition) is 1. The zero-order valence-electron chi connectivity index (χ0n) is 15.6. The van der Waals surface area contributed by atoms with Gasteiger partial charge in [-0.15, -0.1) is 0 Å². The first kappa shape index (κ1) is 19.1. The van der Waals surface area contributed by atoms with Crippen LogP contribution in [0.4, 0.5) is 5.82 Å². The van der Waals surface area contributed by atoms with E-state index in [4.69, 9.17) is 19.9 Å². The fraction of sp³-hybridized carbons (Fsp3) is 0.556. The molecule has 0 spiro atoms. The molecule has 144 valence electrons. The van der Waals surface area contributed by atoms with Crippen molar-refractivity contribution in [1.29, 1.82) is 5.26 Å². The Balaban J connectivity index is 1.63. The monoisotopic (exact) mass is 373 g/mol. The molecule has 1 aliphatic heterocycles. The van der Waals surface area contributed by atoms with Gasteiger partial charge in [0.1, 0.15) is 17.9 Å². The van der Waals surface area contributed by atoms with Gasteiger partial charge in [-0.25, -0.2) is 9.50 Å². The number of nitriles is 1. The third-order valence-electron chi connectivity index (χ3n) is 4.45. The number of fused-ring (bicyclic) bond motifs is 1. The number of nitrogens with two attached hydrogens (primary N) is 1. The Bertz CT molecular complexity index is 882. The number of ether oxygens (including phenoxy) is 3. The van der Waals surface area contributed by atoms with Crippen LogP contribution in [0.2, 0.25) is 0 Å². The van der Waals surface area contributed by atoms with E-state index in [1.807, 2.05) is 0 Å². The molecular formula is C18H23N5O4. The van der Waals surface area contributed by atoms with Crippen molar-refractivity contribution in [2.45, 2.75) is 45.3 Å². The Morgan fingerprint density at radius 1 is 1.52 bits per heavy atom. The number of hydrogen-bond acceptors (Lipinski definition) is 8. The summed E-state index contributed by atoms with van der Waals surface area (Å²) in [5, 5.41) is 14.0. The number of rotatable bonds is 5. The summed E-state index contributed by atoms with van der Waals surface area (Å²) in [4.78, 5) is 15.7. The summed E-state index contributed by atoms with van der Waals surface area (Å²) >= 11 is 0. The first-order valence-electron chi connectivity index (χ1n) is 8.69. The maximum Gasteiger partial charge on any atom is 0.313 e. The Morgan fingerprint density at radius 2 is 2.30 bits per heavy atom. The number of carbonyl (C=O) groups excluding carboxylic acids is 1. The van der Waals surface area contributed by atoms with Gasteiger partial charge in [0.15, 0.2) is 18.2 Å². The van der Waals surface area contributed by atoms with Crippen LogP contribution in [0.1, 0.15) is 39.3 Å². The Labute approximate surface area is 157 Å². The third kappa shape index (κ3) is 3.72. The van der Waals surface area contributed by atoms with Crippen LogP contribution in [-0.2, 0) is 24.6 Å². The van der Waals surface area contributed by atoms with Crippen molar-refractivity contribution in [3.05, 3.63) is 24.2 Å². The maximum absolute atomic E-state index is 11.7. The van der Waals surface area contributed by atoms with E-state index in [2.05, 4.69) is 16.2 Å². The molecule has 0 aliphatic carbocycles. The molecule has 2 aromatic rings. The van der Waals surface area contributed by atoms with E-state index in [-0.39, 0.29) is 25.5 Å². The van der Waals surface area contributed by atoms with Crippen LogP contribution in [0.25, 0.3) is 5.52 Å². The topological polar surface area (TPSA) is 125 Å². The molecule has 1 saturated heterocycles. The molecule has 1 fully saturated rings. The SMILES string of the molecule is CC(C)(C)C(=O)OCOCC1CCC(C#N)(c2ccc3c(N)ncnn23)O1. The summed E-state index contributed by atoms with van der Waals surface area (Å²) in [5.41, 5.74) is 5.37. The highest BCUT2D eigenvalue weighted by molar-refractivity contribution is 5.75. The van der Waals surface area contributed by atoms with E-state index >= 15 is 0 Å². The number of esters is 1. The molecule has 0 aromatic carbocycles. The summed E-state index contributed by atoms with van der Waals surface area (Å²) in [6, 6.07) is 5.81.